The van der Waals surface area contributed by atoms with Gasteiger partial charge in [0.15, 0.2) is 0 Å². The Balaban J connectivity index is 2.07. The summed E-state index contributed by atoms with van der Waals surface area (Å²) in [4.78, 5) is 15.8. The van der Waals surface area contributed by atoms with E-state index in [-0.39, 0.29) is 17.8 Å². The first-order chi connectivity index (χ1) is 13.0. The zero-order chi connectivity index (χ0) is 19.1. The first-order valence-electron chi connectivity index (χ1n) is 8.71. The topological polar surface area (TPSA) is 67.3 Å². The van der Waals surface area contributed by atoms with Crippen LogP contribution >= 0.6 is 0 Å². The lowest BCUT2D eigenvalue weighted by atomic mass is 10.0. The van der Waals surface area contributed by atoms with E-state index < -0.39 is 0 Å². The number of aromatic nitrogens is 1. The van der Waals surface area contributed by atoms with E-state index in [1.165, 1.54) is 12.1 Å². The van der Waals surface area contributed by atoms with E-state index in [1.54, 1.807) is 25.4 Å². The highest BCUT2D eigenvalue weighted by molar-refractivity contribution is 6.17. The van der Waals surface area contributed by atoms with Gasteiger partial charge in [-0.1, -0.05) is 0 Å². The van der Waals surface area contributed by atoms with Crippen LogP contribution in [-0.2, 0) is 0 Å². The molecule has 0 radical (unpaired) electrons. The number of carbonyl (C=O) groups is 1. The van der Waals surface area contributed by atoms with Crippen LogP contribution in [0, 0.1) is 5.82 Å². The Kier molecular flexibility index (Phi) is 4.11. The summed E-state index contributed by atoms with van der Waals surface area (Å²) in [6.45, 7) is 3.88. The number of H-pyrrole nitrogens is 1. The molecule has 2 N–H and O–H groups in total. The zero-order valence-corrected chi connectivity index (χ0v) is 15.2. The average Bonchev–Trinajstić information content (AvgIpc) is 3.26. The number of furan rings is 1. The lowest BCUT2D eigenvalue weighted by Gasteiger charge is -2.11. The molecular weight excluding hydrogens is 347 g/mol. The molecule has 0 bridgehead atoms. The maximum atomic E-state index is 13.3. The van der Waals surface area contributed by atoms with Crippen molar-refractivity contribution in [2.75, 3.05) is 7.05 Å². The lowest BCUT2D eigenvalue weighted by Crippen LogP contribution is -2.18. The minimum atomic E-state index is -0.350. The standard InChI is InChI=1S/C21H19FN2O3/c1-11(2)26-16-10-15-17(21(25)23-3)19(12-4-6-13(22)7-5-12)27-20(15)14-8-9-24-18(14)16/h4-11,24H,1-3H3,(H,23,25). The molecule has 0 unspecified atom stereocenters. The van der Waals surface area contributed by atoms with Gasteiger partial charge < -0.3 is 19.5 Å². The highest BCUT2D eigenvalue weighted by Gasteiger charge is 2.25. The van der Waals surface area contributed by atoms with Crippen LogP contribution < -0.4 is 10.1 Å². The van der Waals surface area contributed by atoms with Gasteiger partial charge in [0.1, 0.15) is 22.9 Å². The van der Waals surface area contributed by atoms with Crippen LogP contribution in [0.15, 0.2) is 47.0 Å². The van der Waals surface area contributed by atoms with Crippen molar-refractivity contribution in [1.29, 1.82) is 0 Å². The summed E-state index contributed by atoms with van der Waals surface area (Å²) >= 11 is 0. The van der Waals surface area contributed by atoms with E-state index in [9.17, 15) is 9.18 Å². The Labute approximate surface area is 155 Å². The predicted octanol–water partition coefficient (Wildman–Crippen LogP) is 4.87. The smallest absolute Gasteiger partial charge is 0.255 e. The van der Waals surface area contributed by atoms with Gasteiger partial charge in [0.25, 0.3) is 5.91 Å². The Bertz CT molecular complexity index is 1140. The molecule has 4 rings (SSSR count). The normalized spacial score (nSPS) is 11.4. The molecule has 2 heterocycles. The van der Waals surface area contributed by atoms with E-state index in [4.69, 9.17) is 9.15 Å². The van der Waals surface area contributed by atoms with Crippen molar-refractivity contribution in [3.8, 4) is 17.1 Å². The average molecular weight is 366 g/mol. The summed E-state index contributed by atoms with van der Waals surface area (Å²) in [5.41, 5.74) is 2.41. The third kappa shape index (κ3) is 2.83. The van der Waals surface area contributed by atoms with E-state index >= 15 is 0 Å². The lowest BCUT2D eigenvalue weighted by molar-refractivity contribution is 0.0964. The molecule has 5 nitrogen and oxygen atoms in total. The SMILES string of the molecule is CNC(=O)c1c(-c2ccc(F)cc2)oc2c1cc(OC(C)C)c1[nH]ccc12. The van der Waals surface area contributed by atoms with Crippen LogP contribution in [0.3, 0.4) is 0 Å². The maximum Gasteiger partial charge on any atom is 0.255 e. The van der Waals surface area contributed by atoms with Gasteiger partial charge in [-0.05, 0) is 50.2 Å². The largest absolute Gasteiger partial charge is 0.489 e. The Morgan fingerprint density at radius 2 is 1.93 bits per heavy atom. The van der Waals surface area contributed by atoms with E-state index in [0.717, 1.165) is 10.9 Å². The van der Waals surface area contributed by atoms with Crippen LogP contribution in [0.2, 0.25) is 0 Å². The summed E-state index contributed by atoms with van der Waals surface area (Å²) in [7, 11) is 1.57. The zero-order valence-electron chi connectivity index (χ0n) is 15.2. The summed E-state index contributed by atoms with van der Waals surface area (Å²) in [6.07, 6.45) is 1.78. The Hall–Kier alpha value is -3.28. The van der Waals surface area contributed by atoms with Crippen molar-refractivity contribution >= 4 is 27.8 Å². The summed E-state index contributed by atoms with van der Waals surface area (Å²) < 4.78 is 25.4. The molecule has 1 amide bonds. The molecular formula is C21H19FN2O3. The molecule has 6 heteroatoms. The van der Waals surface area contributed by atoms with Crippen molar-refractivity contribution in [2.45, 2.75) is 20.0 Å². The Morgan fingerprint density at radius 1 is 1.19 bits per heavy atom. The molecule has 0 saturated heterocycles. The number of amides is 1. The van der Waals surface area contributed by atoms with E-state index in [2.05, 4.69) is 10.3 Å². The molecule has 4 aromatic rings. The van der Waals surface area contributed by atoms with Crippen LogP contribution in [0.4, 0.5) is 4.39 Å². The fraction of sp³-hybridized carbons (Fsp3) is 0.190. The molecule has 0 spiro atoms. The van der Waals surface area contributed by atoms with Crippen molar-refractivity contribution in [3.63, 3.8) is 0 Å². The summed E-state index contributed by atoms with van der Waals surface area (Å²) in [6, 6.07) is 9.58. The van der Waals surface area contributed by atoms with Gasteiger partial charge in [-0.3, -0.25) is 4.79 Å². The second-order valence-electron chi connectivity index (χ2n) is 6.58. The number of fused-ring (bicyclic) bond motifs is 3. The van der Waals surface area contributed by atoms with Crippen LogP contribution in [0.25, 0.3) is 33.2 Å². The summed E-state index contributed by atoms with van der Waals surface area (Å²) in [5.74, 6) is 0.415. The third-order valence-electron chi connectivity index (χ3n) is 4.38. The number of nitrogens with one attached hydrogen (secondary N) is 2. The molecule has 0 fully saturated rings. The van der Waals surface area contributed by atoms with Crippen LogP contribution in [0.1, 0.15) is 24.2 Å². The monoisotopic (exact) mass is 366 g/mol. The van der Waals surface area contributed by atoms with Crippen LogP contribution in [-0.4, -0.2) is 24.0 Å². The number of carbonyl (C=O) groups excluding carboxylic acids is 1. The number of benzene rings is 2. The first-order valence-corrected chi connectivity index (χ1v) is 8.71. The number of halogens is 1. The highest BCUT2D eigenvalue weighted by atomic mass is 19.1. The molecule has 2 aromatic carbocycles. The van der Waals surface area contributed by atoms with Gasteiger partial charge >= 0.3 is 0 Å². The molecule has 0 aliphatic carbocycles. The first kappa shape index (κ1) is 17.1. The number of hydrogen-bond acceptors (Lipinski definition) is 3. The van der Waals surface area contributed by atoms with Crippen molar-refractivity contribution in [2.24, 2.45) is 0 Å². The van der Waals surface area contributed by atoms with Gasteiger partial charge in [-0.2, -0.15) is 0 Å². The van der Waals surface area contributed by atoms with Crippen molar-refractivity contribution < 1.29 is 18.3 Å². The summed E-state index contributed by atoms with van der Waals surface area (Å²) in [5, 5.41) is 4.13. The van der Waals surface area contributed by atoms with Gasteiger partial charge in [-0.15, -0.1) is 0 Å². The number of aromatic amines is 1. The molecule has 0 aliphatic rings. The molecule has 27 heavy (non-hydrogen) atoms. The second-order valence-corrected chi connectivity index (χ2v) is 6.58. The van der Waals surface area contributed by atoms with Crippen molar-refractivity contribution in [1.82, 2.24) is 10.3 Å². The van der Waals surface area contributed by atoms with E-state index in [0.29, 0.717) is 33.6 Å². The number of ether oxygens (including phenoxy) is 1. The Morgan fingerprint density at radius 3 is 2.59 bits per heavy atom. The minimum absolute atomic E-state index is 0.0270. The van der Waals surface area contributed by atoms with Gasteiger partial charge in [0, 0.05) is 29.6 Å². The highest BCUT2D eigenvalue weighted by Crippen LogP contribution is 2.41. The fourth-order valence-corrected chi connectivity index (χ4v) is 3.25. The molecule has 138 valence electrons. The third-order valence-corrected chi connectivity index (χ3v) is 4.38. The minimum Gasteiger partial charge on any atom is -0.489 e. The molecule has 0 saturated carbocycles. The van der Waals surface area contributed by atoms with Gasteiger partial charge in [0.05, 0.1) is 17.2 Å². The molecule has 0 atom stereocenters. The van der Waals surface area contributed by atoms with Crippen molar-refractivity contribution in [3.05, 3.63) is 54.0 Å². The maximum absolute atomic E-state index is 13.3. The number of hydrogen-bond donors (Lipinski definition) is 2. The van der Waals surface area contributed by atoms with Gasteiger partial charge in [-0.25, -0.2) is 4.39 Å². The molecule has 2 aromatic heterocycles. The second kappa shape index (κ2) is 6.46. The quantitative estimate of drug-likeness (QED) is 0.542. The fourth-order valence-electron chi connectivity index (χ4n) is 3.25. The molecule has 0 aliphatic heterocycles. The number of rotatable bonds is 4. The predicted molar refractivity (Wildman–Crippen MR) is 103 cm³/mol. The van der Waals surface area contributed by atoms with Gasteiger partial charge in [0.2, 0.25) is 0 Å². The van der Waals surface area contributed by atoms with E-state index in [1.807, 2.05) is 26.0 Å². The van der Waals surface area contributed by atoms with Crippen LogP contribution in [0.5, 0.6) is 5.75 Å².